The first-order valence-corrected chi connectivity index (χ1v) is 11.2. The van der Waals surface area contributed by atoms with Crippen molar-refractivity contribution in [1.29, 1.82) is 0 Å². The maximum Gasteiger partial charge on any atom is 0.321 e. The van der Waals surface area contributed by atoms with Gasteiger partial charge in [-0.3, -0.25) is 9.59 Å². The zero-order valence-electron chi connectivity index (χ0n) is 18.1. The SMILES string of the molecule is CC(=O)N[C@@H]1[C@H](OCc2ccccc2)O[C@H]2CO[C@H](c3ccccc3)O[C@H]2[C@H]1OC(=O)CCl. The fraction of sp³-hybridized carbons (Fsp3) is 0.417. The Hall–Kier alpha value is -2.49. The Labute approximate surface area is 197 Å². The molecule has 6 atom stereocenters. The van der Waals surface area contributed by atoms with E-state index in [1.807, 2.05) is 60.7 Å². The number of ether oxygens (including phenoxy) is 5. The number of hydrogen-bond donors (Lipinski definition) is 1. The predicted molar refractivity (Wildman–Crippen MR) is 118 cm³/mol. The number of amides is 1. The summed E-state index contributed by atoms with van der Waals surface area (Å²) in [5.74, 6) is -1.30. The minimum atomic E-state index is -0.899. The van der Waals surface area contributed by atoms with Crippen molar-refractivity contribution in [3.63, 3.8) is 0 Å². The maximum absolute atomic E-state index is 12.2. The minimum absolute atomic E-state index is 0.192. The zero-order chi connectivity index (χ0) is 23.2. The highest BCUT2D eigenvalue weighted by molar-refractivity contribution is 6.26. The molecule has 176 valence electrons. The highest BCUT2D eigenvalue weighted by Crippen LogP contribution is 2.36. The summed E-state index contributed by atoms with van der Waals surface area (Å²) in [6, 6.07) is 18.2. The van der Waals surface area contributed by atoms with Crippen LogP contribution in [0.25, 0.3) is 0 Å². The molecule has 33 heavy (non-hydrogen) atoms. The lowest BCUT2D eigenvalue weighted by Gasteiger charge is -2.48. The van der Waals surface area contributed by atoms with Gasteiger partial charge in [-0.1, -0.05) is 60.7 Å². The van der Waals surface area contributed by atoms with Crippen molar-refractivity contribution in [2.75, 3.05) is 12.5 Å². The lowest BCUT2D eigenvalue weighted by Crippen LogP contribution is -2.67. The van der Waals surface area contributed by atoms with Crippen LogP contribution in [0.2, 0.25) is 0 Å². The molecule has 0 spiro atoms. The van der Waals surface area contributed by atoms with Crippen LogP contribution < -0.4 is 5.32 Å². The second-order valence-electron chi connectivity index (χ2n) is 7.83. The molecule has 2 aliphatic rings. The molecule has 0 aliphatic carbocycles. The molecule has 2 fully saturated rings. The third-order valence-electron chi connectivity index (χ3n) is 5.41. The van der Waals surface area contributed by atoms with E-state index in [9.17, 15) is 9.59 Å². The topological polar surface area (TPSA) is 92.3 Å². The molecule has 2 aromatic carbocycles. The highest BCUT2D eigenvalue weighted by atomic mass is 35.5. The standard InChI is InChI=1S/C24H26ClNO7/c1-15(27)26-20-22(32-19(28)12-25)21-18(14-30-23(33-21)17-10-6-3-7-11-17)31-24(20)29-13-16-8-4-2-5-9-16/h2-11,18,20-24H,12-14H2,1H3,(H,26,27)/t18-,20-,21+,22-,23-,24+/m0/s1. The Morgan fingerprint density at radius 2 is 1.76 bits per heavy atom. The molecule has 2 heterocycles. The van der Waals surface area contributed by atoms with Crippen LogP contribution in [0.1, 0.15) is 24.3 Å². The molecule has 2 aromatic rings. The fourth-order valence-corrected chi connectivity index (χ4v) is 4.02. The Morgan fingerprint density at radius 3 is 2.42 bits per heavy atom. The number of hydrogen-bond acceptors (Lipinski definition) is 7. The number of carbonyl (C=O) groups excluding carboxylic acids is 2. The van der Waals surface area contributed by atoms with Crippen LogP contribution in [-0.4, -0.2) is 55.0 Å². The van der Waals surface area contributed by atoms with E-state index < -0.39 is 42.9 Å². The van der Waals surface area contributed by atoms with E-state index in [2.05, 4.69) is 5.32 Å². The van der Waals surface area contributed by atoms with Crippen molar-refractivity contribution in [2.45, 2.75) is 50.5 Å². The monoisotopic (exact) mass is 475 g/mol. The van der Waals surface area contributed by atoms with Crippen molar-refractivity contribution >= 4 is 23.5 Å². The Balaban J connectivity index is 1.58. The molecule has 1 N–H and O–H groups in total. The van der Waals surface area contributed by atoms with Crippen LogP contribution in [-0.2, 0) is 39.9 Å². The summed E-state index contributed by atoms with van der Waals surface area (Å²) in [7, 11) is 0. The van der Waals surface area contributed by atoms with E-state index in [1.165, 1.54) is 6.92 Å². The highest BCUT2D eigenvalue weighted by Gasteiger charge is 2.52. The van der Waals surface area contributed by atoms with Crippen molar-refractivity contribution < 1.29 is 33.3 Å². The third kappa shape index (κ3) is 5.90. The summed E-state index contributed by atoms with van der Waals surface area (Å²) in [6.45, 7) is 1.80. The maximum atomic E-state index is 12.2. The minimum Gasteiger partial charge on any atom is -0.456 e. The van der Waals surface area contributed by atoms with Gasteiger partial charge in [0, 0.05) is 12.5 Å². The molecule has 0 aromatic heterocycles. The largest absolute Gasteiger partial charge is 0.456 e. The number of nitrogens with one attached hydrogen (secondary N) is 1. The van der Waals surface area contributed by atoms with E-state index in [4.69, 9.17) is 35.3 Å². The van der Waals surface area contributed by atoms with E-state index in [-0.39, 0.29) is 25.0 Å². The van der Waals surface area contributed by atoms with Crippen molar-refractivity contribution in [1.82, 2.24) is 5.32 Å². The summed E-state index contributed by atoms with van der Waals surface area (Å²) in [4.78, 5) is 24.2. The van der Waals surface area contributed by atoms with Gasteiger partial charge in [0.2, 0.25) is 5.91 Å². The quantitative estimate of drug-likeness (QED) is 0.486. The van der Waals surface area contributed by atoms with Crippen molar-refractivity contribution in [3.8, 4) is 0 Å². The number of alkyl halides is 1. The first kappa shape index (κ1) is 23.7. The number of halogens is 1. The Morgan fingerprint density at radius 1 is 1.06 bits per heavy atom. The van der Waals surface area contributed by atoms with Crippen LogP contribution in [0.5, 0.6) is 0 Å². The molecule has 0 unspecified atom stereocenters. The average molecular weight is 476 g/mol. The molecule has 8 nitrogen and oxygen atoms in total. The normalized spacial score (nSPS) is 29.0. The van der Waals surface area contributed by atoms with E-state index in [0.29, 0.717) is 0 Å². The Bertz CT molecular complexity index is 929. The number of rotatable bonds is 7. The van der Waals surface area contributed by atoms with Crippen molar-refractivity contribution in [2.24, 2.45) is 0 Å². The molecule has 0 bridgehead atoms. The number of esters is 1. The molecule has 2 aliphatic heterocycles. The molecule has 4 rings (SSSR count). The predicted octanol–water partition coefficient (Wildman–Crippen LogP) is 2.70. The molecule has 0 saturated carbocycles. The first-order chi connectivity index (χ1) is 16.0. The van der Waals surface area contributed by atoms with Gasteiger partial charge in [0.25, 0.3) is 0 Å². The van der Waals surface area contributed by atoms with Gasteiger partial charge in [-0.05, 0) is 5.56 Å². The smallest absolute Gasteiger partial charge is 0.321 e. The lowest BCUT2D eigenvalue weighted by atomic mass is 9.95. The summed E-state index contributed by atoms with van der Waals surface area (Å²) in [5, 5.41) is 2.81. The van der Waals surface area contributed by atoms with Gasteiger partial charge in [0.05, 0.1) is 13.2 Å². The van der Waals surface area contributed by atoms with E-state index in [0.717, 1.165) is 11.1 Å². The summed E-state index contributed by atoms with van der Waals surface area (Å²) < 4.78 is 29.9. The van der Waals surface area contributed by atoms with Gasteiger partial charge in [-0.15, -0.1) is 11.6 Å². The fourth-order valence-electron chi connectivity index (χ4n) is 3.96. The van der Waals surface area contributed by atoms with Crippen LogP contribution in [0, 0.1) is 0 Å². The van der Waals surface area contributed by atoms with Gasteiger partial charge in [-0.2, -0.15) is 0 Å². The van der Waals surface area contributed by atoms with E-state index >= 15 is 0 Å². The zero-order valence-corrected chi connectivity index (χ0v) is 18.9. The Kier molecular flexibility index (Phi) is 7.95. The van der Waals surface area contributed by atoms with Gasteiger partial charge < -0.3 is 29.0 Å². The molecular formula is C24H26ClNO7. The molecule has 2 saturated heterocycles. The van der Waals surface area contributed by atoms with Gasteiger partial charge in [0.15, 0.2) is 18.7 Å². The number of fused-ring (bicyclic) bond motifs is 1. The molecule has 0 radical (unpaired) electrons. The molecule has 9 heteroatoms. The lowest BCUT2D eigenvalue weighted by molar-refractivity contribution is -0.346. The molecular weight excluding hydrogens is 450 g/mol. The number of carbonyl (C=O) groups is 2. The summed E-state index contributed by atoms with van der Waals surface area (Å²) in [5.41, 5.74) is 1.75. The first-order valence-electron chi connectivity index (χ1n) is 10.7. The second kappa shape index (κ2) is 11.1. The third-order valence-corrected chi connectivity index (χ3v) is 5.63. The summed E-state index contributed by atoms with van der Waals surface area (Å²) >= 11 is 5.71. The van der Waals surface area contributed by atoms with Crippen LogP contribution in [0.15, 0.2) is 60.7 Å². The average Bonchev–Trinajstić information content (AvgIpc) is 2.84. The van der Waals surface area contributed by atoms with Crippen molar-refractivity contribution in [3.05, 3.63) is 71.8 Å². The van der Waals surface area contributed by atoms with Gasteiger partial charge in [0.1, 0.15) is 24.1 Å². The second-order valence-corrected chi connectivity index (χ2v) is 8.10. The van der Waals surface area contributed by atoms with Gasteiger partial charge >= 0.3 is 5.97 Å². The van der Waals surface area contributed by atoms with Crippen LogP contribution in [0.4, 0.5) is 0 Å². The van der Waals surface area contributed by atoms with E-state index in [1.54, 1.807) is 0 Å². The van der Waals surface area contributed by atoms with Crippen LogP contribution >= 0.6 is 11.6 Å². The molecule has 1 amide bonds. The number of benzene rings is 2. The van der Waals surface area contributed by atoms with Crippen LogP contribution in [0.3, 0.4) is 0 Å². The van der Waals surface area contributed by atoms with Gasteiger partial charge in [-0.25, -0.2) is 0 Å². The summed E-state index contributed by atoms with van der Waals surface area (Å²) in [6.07, 6.45) is -3.75.